The van der Waals surface area contributed by atoms with Gasteiger partial charge in [-0.25, -0.2) is 4.79 Å². The van der Waals surface area contributed by atoms with Crippen LogP contribution in [0.3, 0.4) is 0 Å². The van der Waals surface area contributed by atoms with E-state index in [9.17, 15) is 9.59 Å². The Morgan fingerprint density at radius 1 is 1.12 bits per heavy atom. The molecular formula is C24H27N5O3S. The van der Waals surface area contributed by atoms with Crippen LogP contribution in [0.5, 0.6) is 0 Å². The summed E-state index contributed by atoms with van der Waals surface area (Å²) in [6, 6.07) is 14.6. The van der Waals surface area contributed by atoms with Gasteiger partial charge in [0.1, 0.15) is 0 Å². The minimum absolute atomic E-state index is 0.161. The van der Waals surface area contributed by atoms with Crippen molar-refractivity contribution in [2.75, 3.05) is 36.7 Å². The van der Waals surface area contributed by atoms with Crippen LogP contribution in [-0.2, 0) is 16.1 Å². The number of anilines is 2. The van der Waals surface area contributed by atoms with Crippen LogP contribution in [0.25, 0.3) is 11.4 Å². The Bertz CT molecular complexity index is 1110. The number of ether oxygens (including phenoxy) is 1. The highest BCUT2D eigenvalue weighted by atomic mass is 32.2. The molecule has 33 heavy (non-hydrogen) atoms. The Kier molecular flexibility index (Phi) is 8.26. The van der Waals surface area contributed by atoms with E-state index < -0.39 is 0 Å². The fourth-order valence-corrected chi connectivity index (χ4v) is 3.79. The molecule has 1 aromatic heterocycles. The molecule has 0 fully saturated rings. The molecule has 0 saturated heterocycles. The van der Waals surface area contributed by atoms with Gasteiger partial charge in [-0.1, -0.05) is 17.8 Å². The van der Waals surface area contributed by atoms with Crippen LogP contribution in [0.4, 0.5) is 11.4 Å². The molecule has 1 amide bonds. The van der Waals surface area contributed by atoms with E-state index in [-0.39, 0.29) is 17.6 Å². The lowest BCUT2D eigenvalue weighted by molar-refractivity contribution is -0.113. The van der Waals surface area contributed by atoms with Crippen molar-refractivity contribution in [3.63, 3.8) is 0 Å². The molecule has 0 aliphatic heterocycles. The minimum atomic E-state index is -0.389. The van der Waals surface area contributed by atoms with Crippen molar-refractivity contribution in [1.82, 2.24) is 14.8 Å². The molecule has 0 bridgehead atoms. The van der Waals surface area contributed by atoms with Gasteiger partial charge in [-0.2, -0.15) is 0 Å². The lowest BCUT2D eigenvalue weighted by Crippen LogP contribution is -2.15. The van der Waals surface area contributed by atoms with Crippen molar-refractivity contribution in [3.05, 3.63) is 66.7 Å². The van der Waals surface area contributed by atoms with E-state index in [0.717, 1.165) is 17.1 Å². The van der Waals surface area contributed by atoms with E-state index >= 15 is 0 Å². The molecule has 0 saturated carbocycles. The molecule has 0 aliphatic rings. The van der Waals surface area contributed by atoms with Crippen LogP contribution in [0.15, 0.2) is 66.3 Å². The molecule has 8 nitrogen and oxygen atoms in total. The van der Waals surface area contributed by atoms with Crippen molar-refractivity contribution in [1.29, 1.82) is 0 Å². The quantitative estimate of drug-likeness (QED) is 0.274. The van der Waals surface area contributed by atoms with Crippen LogP contribution in [0, 0.1) is 0 Å². The van der Waals surface area contributed by atoms with Gasteiger partial charge in [0, 0.05) is 37.6 Å². The topological polar surface area (TPSA) is 89.3 Å². The first-order chi connectivity index (χ1) is 15.9. The first-order valence-corrected chi connectivity index (χ1v) is 11.4. The second kappa shape index (κ2) is 11.3. The molecule has 3 aromatic rings. The zero-order valence-electron chi connectivity index (χ0n) is 18.9. The number of thioether (sulfide) groups is 1. The smallest absolute Gasteiger partial charge is 0.338 e. The van der Waals surface area contributed by atoms with Crippen molar-refractivity contribution in [2.24, 2.45) is 0 Å². The lowest BCUT2D eigenvalue weighted by Gasteiger charge is -2.13. The number of benzene rings is 2. The maximum Gasteiger partial charge on any atom is 0.338 e. The highest BCUT2D eigenvalue weighted by Crippen LogP contribution is 2.26. The number of carbonyl (C=O) groups excluding carboxylic acids is 2. The highest BCUT2D eigenvalue weighted by Gasteiger charge is 2.15. The second-order valence-electron chi connectivity index (χ2n) is 7.28. The second-order valence-corrected chi connectivity index (χ2v) is 8.22. The number of aromatic nitrogens is 3. The Morgan fingerprint density at radius 2 is 1.82 bits per heavy atom. The number of hydrogen-bond donors (Lipinski definition) is 1. The summed E-state index contributed by atoms with van der Waals surface area (Å²) < 4.78 is 6.90. The van der Waals surface area contributed by atoms with Crippen LogP contribution in [-0.4, -0.2) is 53.1 Å². The summed E-state index contributed by atoms with van der Waals surface area (Å²) in [6.07, 6.45) is 1.77. The summed E-state index contributed by atoms with van der Waals surface area (Å²) in [5.41, 5.74) is 3.07. The van der Waals surface area contributed by atoms with Gasteiger partial charge in [0.15, 0.2) is 11.0 Å². The number of allylic oxidation sites excluding steroid dienone is 1. The average Bonchev–Trinajstić information content (AvgIpc) is 3.21. The molecule has 2 aromatic carbocycles. The number of nitrogens with one attached hydrogen (secondary N) is 1. The van der Waals surface area contributed by atoms with Crippen molar-refractivity contribution >= 4 is 35.0 Å². The molecule has 0 spiro atoms. The van der Waals surface area contributed by atoms with Crippen LogP contribution < -0.4 is 10.2 Å². The number of carbonyl (C=O) groups is 2. The maximum absolute atomic E-state index is 12.4. The number of amides is 1. The third-order valence-electron chi connectivity index (χ3n) is 4.68. The lowest BCUT2D eigenvalue weighted by atomic mass is 10.2. The summed E-state index contributed by atoms with van der Waals surface area (Å²) in [6.45, 7) is 6.42. The summed E-state index contributed by atoms with van der Waals surface area (Å²) >= 11 is 1.30. The fraction of sp³-hybridized carbons (Fsp3) is 0.250. The number of hydrogen-bond acceptors (Lipinski definition) is 7. The molecule has 0 atom stereocenters. The predicted octanol–water partition coefficient (Wildman–Crippen LogP) is 4.10. The molecule has 1 heterocycles. The van der Waals surface area contributed by atoms with Gasteiger partial charge in [-0.15, -0.1) is 16.8 Å². The van der Waals surface area contributed by atoms with Gasteiger partial charge >= 0.3 is 5.97 Å². The monoisotopic (exact) mass is 465 g/mol. The molecular weight excluding hydrogens is 438 g/mol. The minimum Gasteiger partial charge on any atom is -0.462 e. The van der Waals surface area contributed by atoms with Gasteiger partial charge in [0.2, 0.25) is 5.91 Å². The summed E-state index contributed by atoms with van der Waals surface area (Å²) in [7, 11) is 3.98. The first-order valence-electron chi connectivity index (χ1n) is 10.4. The Balaban J connectivity index is 1.65. The molecule has 1 N–H and O–H groups in total. The predicted molar refractivity (Wildman–Crippen MR) is 132 cm³/mol. The molecule has 172 valence electrons. The van der Waals surface area contributed by atoms with E-state index in [2.05, 4.69) is 22.1 Å². The third kappa shape index (κ3) is 6.23. The van der Waals surface area contributed by atoms with Gasteiger partial charge in [0.05, 0.1) is 17.9 Å². The van der Waals surface area contributed by atoms with Gasteiger partial charge in [-0.3, -0.25) is 9.36 Å². The third-order valence-corrected chi connectivity index (χ3v) is 5.65. The number of esters is 1. The van der Waals surface area contributed by atoms with E-state index in [0.29, 0.717) is 29.6 Å². The highest BCUT2D eigenvalue weighted by molar-refractivity contribution is 7.99. The number of nitrogens with zero attached hydrogens (tertiary/aromatic N) is 4. The summed E-state index contributed by atoms with van der Waals surface area (Å²) in [5, 5.41) is 12.1. The first kappa shape index (κ1) is 24.1. The maximum atomic E-state index is 12.4. The Hall–Kier alpha value is -3.59. The van der Waals surface area contributed by atoms with E-state index in [4.69, 9.17) is 4.74 Å². The molecule has 0 unspecified atom stereocenters. The zero-order chi connectivity index (χ0) is 23.8. The van der Waals surface area contributed by atoms with Crippen molar-refractivity contribution < 1.29 is 14.3 Å². The standard InChI is InChI=1S/C24H27N5O3S/c1-5-15-29-22(17-9-13-20(14-10-17)28(3)4)26-27-24(29)33-16-21(30)25-19-11-7-18(8-12-19)23(31)32-6-2/h5,7-14H,1,6,15-16H2,2-4H3,(H,25,30). The average molecular weight is 466 g/mol. The van der Waals surface area contributed by atoms with Crippen LogP contribution in [0.1, 0.15) is 17.3 Å². The normalized spacial score (nSPS) is 10.5. The summed E-state index contributed by atoms with van der Waals surface area (Å²) in [4.78, 5) is 26.2. The largest absolute Gasteiger partial charge is 0.462 e. The summed E-state index contributed by atoms with van der Waals surface area (Å²) in [5.74, 6) is 0.306. The Labute approximate surface area is 197 Å². The SMILES string of the molecule is C=CCn1c(SCC(=O)Nc2ccc(C(=O)OCC)cc2)nnc1-c1ccc(N(C)C)cc1. The fourth-order valence-electron chi connectivity index (χ4n) is 3.04. The Morgan fingerprint density at radius 3 is 2.42 bits per heavy atom. The van der Waals surface area contributed by atoms with Gasteiger partial charge < -0.3 is 15.0 Å². The van der Waals surface area contributed by atoms with Crippen molar-refractivity contribution in [3.8, 4) is 11.4 Å². The van der Waals surface area contributed by atoms with E-state index in [1.807, 2.05) is 47.8 Å². The van der Waals surface area contributed by atoms with Crippen molar-refractivity contribution in [2.45, 2.75) is 18.6 Å². The van der Waals surface area contributed by atoms with Gasteiger partial charge in [-0.05, 0) is 55.5 Å². The van der Waals surface area contributed by atoms with E-state index in [1.165, 1.54) is 11.8 Å². The zero-order valence-corrected chi connectivity index (χ0v) is 19.8. The van der Waals surface area contributed by atoms with Gasteiger partial charge in [0.25, 0.3) is 0 Å². The van der Waals surface area contributed by atoms with Crippen LogP contribution >= 0.6 is 11.8 Å². The molecule has 0 aliphatic carbocycles. The van der Waals surface area contributed by atoms with Crippen LogP contribution in [0.2, 0.25) is 0 Å². The molecule has 9 heteroatoms. The number of rotatable bonds is 10. The molecule has 3 rings (SSSR count). The molecule has 0 radical (unpaired) electrons. The van der Waals surface area contributed by atoms with E-state index in [1.54, 1.807) is 37.3 Å².